The number of esters is 1. The number of anilines is 2. The third-order valence-electron chi connectivity index (χ3n) is 7.54. The monoisotopic (exact) mass is 426 g/mol. The number of aromatic nitrogens is 1. The first-order chi connectivity index (χ1) is 14.3. The lowest BCUT2D eigenvalue weighted by Gasteiger charge is -2.51. The van der Waals surface area contributed by atoms with Crippen LogP contribution in [0.25, 0.3) is 0 Å². The second-order valence-electron chi connectivity index (χ2n) is 9.37. The van der Waals surface area contributed by atoms with Gasteiger partial charge >= 0.3 is 11.9 Å². The van der Waals surface area contributed by atoms with Crippen molar-refractivity contribution < 1.29 is 19.4 Å². The van der Waals surface area contributed by atoms with E-state index in [0.29, 0.717) is 11.8 Å². The molecule has 30 heavy (non-hydrogen) atoms. The van der Waals surface area contributed by atoms with Gasteiger partial charge in [0.1, 0.15) is 6.10 Å². The summed E-state index contributed by atoms with van der Waals surface area (Å²) in [5, 5.41) is 13.2. The summed E-state index contributed by atoms with van der Waals surface area (Å²) in [5.41, 5.74) is 2.31. The average molecular weight is 427 g/mol. The van der Waals surface area contributed by atoms with E-state index in [1.54, 1.807) is 35.6 Å². The molecule has 3 aliphatic rings. The minimum absolute atomic E-state index is 0.00364. The lowest BCUT2D eigenvalue weighted by atomic mass is 9.54. The summed E-state index contributed by atoms with van der Waals surface area (Å²) in [6.45, 7) is 6.59. The largest absolute Gasteiger partial charge is 0.478 e. The normalized spacial score (nSPS) is 34.5. The minimum atomic E-state index is -0.934. The molecule has 2 heterocycles. The van der Waals surface area contributed by atoms with Gasteiger partial charge in [-0.1, -0.05) is 20.8 Å². The van der Waals surface area contributed by atoms with Gasteiger partial charge in [0.05, 0.1) is 17.2 Å². The second kappa shape index (κ2) is 6.80. The molecular weight excluding hydrogens is 400 g/mol. The van der Waals surface area contributed by atoms with Crippen molar-refractivity contribution in [1.82, 2.24) is 4.98 Å². The fraction of sp³-hybridized carbons (Fsp3) is 0.522. The highest BCUT2D eigenvalue weighted by Gasteiger charge is 2.58. The summed E-state index contributed by atoms with van der Waals surface area (Å²) in [4.78, 5) is 29.5. The molecule has 2 aliphatic carbocycles. The number of rotatable bonds is 3. The van der Waals surface area contributed by atoms with Gasteiger partial charge in [-0.15, -0.1) is 11.3 Å². The summed E-state index contributed by atoms with van der Waals surface area (Å²) in [6.07, 6.45) is 3.12. The van der Waals surface area contributed by atoms with Gasteiger partial charge in [0, 0.05) is 28.3 Å². The maximum Gasteiger partial charge on any atom is 0.335 e. The lowest BCUT2D eigenvalue weighted by Crippen LogP contribution is -2.50. The Morgan fingerprint density at radius 1 is 1.27 bits per heavy atom. The first-order valence-corrected chi connectivity index (χ1v) is 11.4. The molecular formula is C23H26N2O4S. The van der Waals surface area contributed by atoms with E-state index < -0.39 is 5.97 Å². The number of hydrogen-bond donors (Lipinski definition) is 2. The smallest absolute Gasteiger partial charge is 0.335 e. The molecule has 1 saturated heterocycles. The Kier molecular flexibility index (Phi) is 4.43. The van der Waals surface area contributed by atoms with Gasteiger partial charge in [0.25, 0.3) is 0 Å². The number of fused-ring (bicyclic) bond motifs is 4. The summed E-state index contributed by atoms with van der Waals surface area (Å²) in [5.74, 6) is -0.139. The number of carboxylic acid groups (broad SMARTS) is 1. The van der Waals surface area contributed by atoms with E-state index in [4.69, 9.17) is 14.8 Å². The van der Waals surface area contributed by atoms with Crippen molar-refractivity contribution in [3.63, 3.8) is 0 Å². The second-order valence-corrected chi connectivity index (χ2v) is 10.5. The average Bonchev–Trinajstić information content (AvgIpc) is 3.22. The van der Waals surface area contributed by atoms with Crippen LogP contribution in [0, 0.1) is 23.2 Å². The number of hydrogen-bond acceptors (Lipinski definition) is 6. The molecule has 0 radical (unpaired) electrons. The Balaban J connectivity index is 1.43. The van der Waals surface area contributed by atoms with E-state index in [2.05, 4.69) is 19.2 Å². The number of nitrogens with zero attached hydrogens (tertiary/aromatic N) is 1. The number of nitrogens with one attached hydrogen (secondary N) is 1. The highest BCUT2D eigenvalue weighted by Crippen LogP contribution is 2.59. The minimum Gasteiger partial charge on any atom is -0.478 e. The van der Waals surface area contributed by atoms with Crippen molar-refractivity contribution in [2.75, 3.05) is 5.32 Å². The summed E-state index contributed by atoms with van der Waals surface area (Å²) >= 11 is 1.68. The van der Waals surface area contributed by atoms with E-state index in [1.807, 2.05) is 6.92 Å². The van der Waals surface area contributed by atoms with Gasteiger partial charge in [0.2, 0.25) is 0 Å². The Morgan fingerprint density at radius 3 is 2.70 bits per heavy atom. The zero-order chi connectivity index (χ0) is 21.2. The number of carbonyl (C=O) groups excluding carboxylic acids is 1. The maximum absolute atomic E-state index is 12.3. The van der Waals surface area contributed by atoms with E-state index in [-0.39, 0.29) is 34.9 Å². The van der Waals surface area contributed by atoms with Crippen LogP contribution in [0.3, 0.4) is 0 Å². The van der Waals surface area contributed by atoms with Crippen molar-refractivity contribution in [3.05, 3.63) is 40.4 Å². The number of aromatic carboxylic acids is 1. The fourth-order valence-corrected chi connectivity index (χ4v) is 7.24. The Morgan fingerprint density at radius 2 is 2.00 bits per heavy atom. The van der Waals surface area contributed by atoms with Crippen LogP contribution < -0.4 is 5.32 Å². The fourth-order valence-electron chi connectivity index (χ4n) is 5.95. The van der Waals surface area contributed by atoms with Gasteiger partial charge in [-0.25, -0.2) is 9.78 Å². The third-order valence-corrected chi connectivity index (χ3v) is 8.53. The Labute approximate surface area is 179 Å². The van der Waals surface area contributed by atoms with Crippen LogP contribution >= 0.6 is 11.3 Å². The van der Waals surface area contributed by atoms with Crippen molar-refractivity contribution in [1.29, 1.82) is 0 Å². The van der Waals surface area contributed by atoms with Crippen LogP contribution in [0.4, 0.5) is 10.8 Å². The van der Waals surface area contributed by atoms with Crippen LogP contribution in [0.5, 0.6) is 0 Å². The molecule has 1 aromatic carbocycles. The number of ether oxygens (including phenoxy) is 1. The Hall–Kier alpha value is -2.41. The van der Waals surface area contributed by atoms with Crippen LogP contribution in [-0.2, 0) is 16.0 Å². The molecule has 6 nitrogen and oxygen atoms in total. The number of carboxylic acids is 1. The van der Waals surface area contributed by atoms with E-state index >= 15 is 0 Å². The summed E-state index contributed by atoms with van der Waals surface area (Å²) < 4.78 is 5.90. The zero-order valence-corrected chi connectivity index (χ0v) is 18.2. The van der Waals surface area contributed by atoms with Crippen molar-refractivity contribution in [2.24, 2.45) is 23.2 Å². The quantitative estimate of drug-likeness (QED) is 0.683. The van der Waals surface area contributed by atoms with Crippen molar-refractivity contribution in [3.8, 4) is 0 Å². The standard InChI is InChI=1S/C23H26N2O4S/c1-11-15-8-9-23(3)10-16-18(12(2)17(23)19(15)29-21(11)28)25-22(30-16)24-14-6-4-13(5-7-14)20(26)27/h4-7,11-12,15,17,19H,8-10H2,1-3H3,(H,24,25)(H,26,27)/t11-,12-,15-,17+,19-,23-/m0/s1. The van der Waals surface area contributed by atoms with Gasteiger partial charge in [-0.3, -0.25) is 4.79 Å². The lowest BCUT2D eigenvalue weighted by molar-refractivity contribution is -0.149. The topological polar surface area (TPSA) is 88.5 Å². The number of thiazole rings is 1. The molecule has 0 spiro atoms. The summed E-state index contributed by atoms with van der Waals surface area (Å²) in [7, 11) is 0. The number of carbonyl (C=O) groups is 2. The van der Waals surface area contributed by atoms with Gasteiger partial charge < -0.3 is 15.2 Å². The Bertz CT molecular complexity index is 1020. The van der Waals surface area contributed by atoms with Gasteiger partial charge in [0.15, 0.2) is 5.13 Å². The van der Waals surface area contributed by atoms with E-state index in [0.717, 1.165) is 35.8 Å². The van der Waals surface area contributed by atoms with Gasteiger partial charge in [-0.2, -0.15) is 0 Å². The van der Waals surface area contributed by atoms with Crippen LogP contribution in [0.2, 0.25) is 0 Å². The SMILES string of the molecule is C[C@@H]1C(=O)O[C@H]2[C@H]1CC[C@@]1(C)Cc3sc(Nc4ccc(C(=O)O)cc4)nc3[C@@H](C)[C@H]21. The first kappa shape index (κ1) is 19.5. The van der Waals surface area contributed by atoms with Crippen LogP contribution in [0.1, 0.15) is 60.5 Å². The maximum atomic E-state index is 12.3. The predicted octanol–water partition coefficient (Wildman–Crippen LogP) is 4.84. The molecule has 2 fully saturated rings. The van der Waals surface area contributed by atoms with Crippen LogP contribution in [0.15, 0.2) is 24.3 Å². The third kappa shape index (κ3) is 2.94. The highest BCUT2D eigenvalue weighted by atomic mass is 32.1. The highest BCUT2D eigenvalue weighted by molar-refractivity contribution is 7.15. The molecule has 5 rings (SSSR count). The molecule has 158 valence electrons. The molecule has 7 heteroatoms. The molecule has 0 bridgehead atoms. The molecule has 2 aromatic rings. The molecule has 2 N–H and O–H groups in total. The molecule has 1 saturated carbocycles. The molecule has 0 unspecified atom stereocenters. The predicted molar refractivity (Wildman–Crippen MR) is 114 cm³/mol. The first-order valence-electron chi connectivity index (χ1n) is 10.6. The van der Waals surface area contributed by atoms with E-state index in [9.17, 15) is 9.59 Å². The zero-order valence-electron chi connectivity index (χ0n) is 17.3. The van der Waals surface area contributed by atoms with E-state index in [1.165, 1.54) is 4.88 Å². The molecule has 6 atom stereocenters. The summed E-state index contributed by atoms with van der Waals surface area (Å²) in [6, 6.07) is 6.70. The molecule has 1 aliphatic heterocycles. The van der Waals surface area contributed by atoms with Gasteiger partial charge in [-0.05, 0) is 48.9 Å². The van der Waals surface area contributed by atoms with Crippen molar-refractivity contribution in [2.45, 2.75) is 52.1 Å². The van der Waals surface area contributed by atoms with Crippen molar-refractivity contribution >= 4 is 34.1 Å². The molecule has 1 aromatic heterocycles. The van der Waals surface area contributed by atoms with Crippen LogP contribution in [-0.4, -0.2) is 28.1 Å². The number of benzene rings is 1. The molecule has 0 amide bonds.